The quantitative estimate of drug-likeness (QED) is 0.808. The normalized spacial score (nSPS) is 21.3. The van der Waals surface area contributed by atoms with Crippen molar-refractivity contribution in [2.75, 3.05) is 0 Å². The summed E-state index contributed by atoms with van der Waals surface area (Å²) in [5.74, 6) is -0.0139. The maximum Gasteiger partial charge on any atom is 0.248 e. The summed E-state index contributed by atoms with van der Waals surface area (Å²) in [6.45, 7) is 0.325. The van der Waals surface area contributed by atoms with E-state index >= 15 is 0 Å². The Morgan fingerprint density at radius 1 is 1.26 bits per heavy atom. The average molecular weight is 314 g/mol. The van der Waals surface area contributed by atoms with E-state index < -0.39 is 0 Å². The van der Waals surface area contributed by atoms with E-state index in [-0.39, 0.29) is 23.5 Å². The number of benzene rings is 1. The molecule has 1 heterocycles. The van der Waals surface area contributed by atoms with E-state index in [1.807, 2.05) is 24.3 Å². The number of hydrogen-bond donors (Lipinski definition) is 3. The van der Waals surface area contributed by atoms with Crippen molar-refractivity contribution in [2.24, 2.45) is 5.92 Å². The highest BCUT2D eigenvalue weighted by Gasteiger charge is 2.25. The molecule has 1 aliphatic carbocycles. The van der Waals surface area contributed by atoms with E-state index in [0.717, 1.165) is 42.1 Å². The Balaban J connectivity index is 1.66. The largest absolute Gasteiger partial charge is 0.393 e. The van der Waals surface area contributed by atoms with Crippen LogP contribution in [0.1, 0.15) is 37.7 Å². The van der Waals surface area contributed by atoms with Gasteiger partial charge in [-0.05, 0) is 30.4 Å². The number of para-hydroxylation sites is 1. The number of carbonyl (C=O) groups excluding carboxylic acids is 1. The van der Waals surface area contributed by atoms with Gasteiger partial charge in [0.05, 0.1) is 6.10 Å². The smallest absolute Gasteiger partial charge is 0.248 e. The molecule has 1 saturated carbocycles. The van der Waals surface area contributed by atoms with Gasteiger partial charge < -0.3 is 15.4 Å². The number of aromatic nitrogens is 1. The lowest BCUT2D eigenvalue weighted by Crippen LogP contribution is -2.32. The molecule has 1 amide bonds. The van der Waals surface area contributed by atoms with Gasteiger partial charge in [0.1, 0.15) is 0 Å². The lowest BCUT2D eigenvalue weighted by atomic mass is 9.84. The Morgan fingerprint density at radius 2 is 2.04 bits per heavy atom. The molecule has 5 heteroatoms. The zero-order chi connectivity index (χ0) is 16.2. The monoisotopic (exact) mass is 314 g/mol. The summed E-state index contributed by atoms with van der Waals surface area (Å²) in [5.41, 5.74) is 1.41. The van der Waals surface area contributed by atoms with E-state index in [9.17, 15) is 14.7 Å². The summed E-state index contributed by atoms with van der Waals surface area (Å²) in [6.07, 6.45) is 3.79. The predicted octanol–water partition coefficient (Wildman–Crippen LogP) is 2.09. The Labute approximate surface area is 134 Å². The van der Waals surface area contributed by atoms with Crippen LogP contribution in [0.15, 0.2) is 35.1 Å². The van der Waals surface area contributed by atoms with Crippen LogP contribution in [0.4, 0.5) is 0 Å². The highest BCUT2D eigenvalue weighted by Crippen LogP contribution is 2.26. The van der Waals surface area contributed by atoms with Gasteiger partial charge in [-0.1, -0.05) is 31.0 Å². The van der Waals surface area contributed by atoms with Crippen LogP contribution in [0.3, 0.4) is 0 Å². The zero-order valence-corrected chi connectivity index (χ0v) is 13.0. The van der Waals surface area contributed by atoms with E-state index in [0.29, 0.717) is 13.0 Å². The Hall–Kier alpha value is -2.14. The van der Waals surface area contributed by atoms with Gasteiger partial charge in [-0.15, -0.1) is 0 Å². The Kier molecular flexibility index (Phi) is 4.76. The molecule has 5 nitrogen and oxygen atoms in total. The van der Waals surface area contributed by atoms with Crippen LogP contribution < -0.4 is 10.9 Å². The van der Waals surface area contributed by atoms with Crippen molar-refractivity contribution >= 4 is 16.8 Å². The summed E-state index contributed by atoms with van der Waals surface area (Å²) in [7, 11) is 0. The molecular weight excluding hydrogens is 292 g/mol. The molecule has 1 aromatic heterocycles. The topological polar surface area (TPSA) is 82.2 Å². The molecule has 0 saturated heterocycles. The molecule has 0 aliphatic heterocycles. The number of aliphatic hydroxyl groups excluding tert-OH is 1. The van der Waals surface area contributed by atoms with Crippen LogP contribution in [-0.2, 0) is 11.3 Å². The van der Waals surface area contributed by atoms with Gasteiger partial charge in [-0.3, -0.25) is 9.59 Å². The van der Waals surface area contributed by atoms with E-state index in [1.165, 1.54) is 6.07 Å². The Morgan fingerprint density at radius 3 is 2.87 bits per heavy atom. The van der Waals surface area contributed by atoms with Crippen LogP contribution in [0, 0.1) is 5.92 Å². The van der Waals surface area contributed by atoms with Gasteiger partial charge >= 0.3 is 0 Å². The lowest BCUT2D eigenvalue weighted by Gasteiger charge is -2.26. The van der Waals surface area contributed by atoms with Crippen molar-refractivity contribution in [3.8, 4) is 0 Å². The third kappa shape index (κ3) is 3.79. The molecule has 3 rings (SSSR count). The fourth-order valence-electron chi connectivity index (χ4n) is 3.35. The number of aromatic amines is 1. The lowest BCUT2D eigenvalue weighted by molar-refractivity contribution is -0.123. The number of H-pyrrole nitrogens is 1. The molecule has 2 atom stereocenters. The summed E-state index contributed by atoms with van der Waals surface area (Å²) < 4.78 is 0. The summed E-state index contributed by atoms with van der Waals surface area (Å²) in [5, 5.41) is 13.8. The van der Waals surface area contributed by atoms with Crippen molar-refractivity contribution in [2.45, 2.75) is 44.8 Å². The van der Waals surface area contributed by atoms with Crippen LogP contribution >= 0.6 is 0 Å². The minimum atomic E-state index is -0.366. The number of rotatable bonds is 4. The number of amides is 1. The molecule has 2 aromatic rings. The number of carbonyl (C=O) groups is 1. The van der Waals surface area contributed by atoms with E-state index in [1.54, 1.807) is 0 Å². The summed E-state index contributed by atoms with van der Waals surface area (Å²) in [6, 6.07) is 9.08. The van der Waals surface area contributed by atoms with Gasteiger partial charge in [0.15, 0.2) is 0 Å². The number of pyridine rings is 1. The number of aliphatic hydroxyl groups is 1. The van der Waals surface area contributed by atoms with Gasteiger partial charge in [0, 0.05) is 29.9 Å². The van der Waals surface area contributed by atoms with Crippen molar-refractivity contribution < 1.29 is 9.90 Å². The van der Waals surface area contributed by atoms with E-state index in [4.69, 9.17) is 0 Å². The first-order valence-corrected chi connectivity index (χ1v) is 8.19. The fourth-order valence-corrected chi connectivity index (χ4v) is 3.35. The van der Waals surface area contributed by atoms with Crippen molar-refractivity contribution in [3.05, 3.63) is 46.2 Å². The summed E-state index contributed by atoms with van der Waals surface area (Å²) in [4.78, 5) is 26.6. The zero-order valence-electron chi connectivity index (χ0n) is 13.0. The van der Waals surface area contributed by atoms with Crippen molar-refractivity contribution in [3.63, 3.8) is 0 Å². The second kappa shape index (κ2) is 6.96. The molecular formula is C18H22N2O3. The predicted molar refractivity (Wildman–Crippen MR) is 89.0 cm³/mol. The summed E-state index contributed by atoms with van der Waals surface area (Å²) >= 11 is 0. The van der Waals surface area contributed by atoms with Crippen LogP contribution in [0.2, 0.25) is 0 Å². The van der Waals surface area contributed by atoms with Crippen LogP contribution in [0.5, 0.6) is 0 Å². The second-order valence-electron chi connectivity index (χ2n) is 6.30. The van der Waals surface area contributed by atoms with Gasteiger partial charge in [0.25, 0.3) is 0 Å². The van der Waals surface area contributed by atoms with E-state index in [2.05, 4.69) is 10.3 Å². The molecule has 122 valence electrons. The molecule has 23 heavy (non-hydrogen) atoms. The number of fused-ring (bicyclic) bond motifs is 1. The highest BCUT2D eigenvalue weighted by atomic mass is 16.3. The number of nitrogens with one attached hydrogen (secondary N) is 2. The molecule has 1 fully saturated rings. The first kappa shape index (κ1) is 15.7. The number of hydrogen-bond acceptors (Lipinski definition) is 3. The standard InChI is InChI=1S/C18H22N2O3/c21-16-8-4-1-5-12(16)9-17(22)19-11-13-10-18(23)20-15-7-3-2-6-14(13)15/h2-3,6-7,10,12,16,21H,1,4-5,8-9,11H2,(H,19,22)(H,20,23)/t12-,16+/m0/s1. The maximum atomic E-state index is 12.1. The first-order chi connectivity index (χ1) is 11.1. The maximum absolute atomic E-state index is 12.1. The van der Waals surface area contributed by atoms with Gasteiger partial charge in [0.2, 0.25) is 11.5 Å². The molecule has 1 aliphatic rings. The minimum absolute atomic E-state index is 0.0553. The average Bonchev–Trinajstić information content (AvgIpc) is 2.54. The van der Waals surface area contributed by atoms with Crippen molar-refractivity contribution in [1.29, 1.82) is 0 Å². The molecule has 1 aromatic carbocycles. The SMILES string of the molecule is O=C(C[C@@H]1CCCC[C@H]1O)NCc1cc(=O)[nH]c2ccccc12. The van der Waals surface area contributed by atoms with Crippen LogP contribution in [0.25, 0.3) is 10.9 Å². The van der Waals surface area contributed by atoms with Gasteiger partial charge in [-0.2, -0.15) is 0 Å². The molecule has 0 bridgehead atoms. The van der Waals surface area contributed by atoms with Gasteiger partial charge in [-0.25, -0.2) is 0 Å². The highest BCUT2D eigenvalue weighted by molar-refractivity contribution is 5.82. The molecule has 3 N–H and O–H groups in total. The first-order valence-electron chi connectivity index (χ1n) is 8.19. The molecule has 0 spiro atoms. The van der Waals surface area contributed by atoms with Crippen molar-refractivity contribution in [1.82, 2.24) is 10.3 Å². The van der Waals surface area contributed by atoms with Crippen LogP contribution in [-0.4, -0.2) is 22.1 Å². The molecule has 0 unspecified atom stereocenters. The fraction of sp³-hybridized carbons (Fsp3) is 0.444. The minimum Gasteiger partial charge on any atom is -0.393 e. The second-order valence-corrected chi connectivity index (χ2v) is 6.30. The third-order valence-electron chi connectivity index (χ3n) is 4.63. The Bertz CT molecular complexity index is 753. The molecule has 0 radical (unpaired) electrons. The third-order valence-corrected chi connectivity index (χ3v) is 4.63.